The number of carbonyl (C=O) groups excluding carboxylic acids is 1. The van der Waals surface area contributed by atoms with Crippen molar-refractivity contribution >= 4 is 17.7 Å². The van der Waals surface area contributed by atoms with E-state index in [-0.39, 0.29) is 5.91 Å². The monoisotopic (exact) mass is 229 g/mol. The summed E-state index contributed by atoms with van der Waals surface area (Å²) in [5.41, 5.74) is 0. The van der Waals surface area contributed by atoms with Crippen LogP contribution in [0.1, 0.15) is 19.8 Å². The molecule has 1 rings (SSSR count). The smallest absolute Gasteiger partial charge is 0.230 e. The van der Waals surface area contributed by atoms with E-state index >= 15 is 0 Å². The van der Waals surface area contributed by atoms with Crippen LogP contribution >= 0.6 is 11.8 Å². The maximum Gasteiger partial charge on any atom is 0.230 e. The van der Waals surface area contributed by atoms with Crippen LogP contribution < -0.4 is 11.2 Å². The van der Waals surface area contributed by atoms with Gasteiger partial charge in [0.2, 0.25) is 11.1 Å². The molecule has 0 fully saturated rings. The van der Waals surface area contributed by atoms with Gasteiger partial charge in [0.1, 0.15) is 6.33 Å². The summed E-state index contributed by atoms with van der Waals surface area (Å²) in [5, 5.41) is 10.7. The number of rotatable bonds is 6. The molecule has 0 saturated heterocycles. The summed E-state index contributed by atoms with van der Waals surface area (Å²) in [6.07, 6.45) is 3.48. The zero-order valence-electron chi connectivity index (χ0n) is 8.64. The third-order valence-corrected chi connectivity index (χ3v) is 2.68. The molecule has 0 aliphatic heterocycles. The predicted octanol–water partition coefficient (Wildman–Crippen LogP) is 0.000300. The lowest BCUT2D eigenvalue weighted by molar-refractivity contribution is -0.118. The van der Waals surface area contributed by atoms with E-state index < -0.39 is 0 Å². The first-order chi connectivity index (χ1) is 7.24. The zero-order chi connectivity index (χ0) is 11.1. The number of hydrogen-bond acceptors (Lipinski definition) is 5. The number of nitrogens with zero attached hydrogens (tertiary/aromatic N) is 3. The summed E-state index contributed by atoms with van der Waals surface area (Å²) in [6.45, 7) is 2.81. The molecule has 0 bridgehead atoms. The number of hydrogen-bond donors (Lipinski definition) is 2. The maximum absolute atomic E-state index is 11.3. The summed E-state index contributed by atoms with van der Waals surface area (Å²) >= 11 is 1.27. The summed E-state index contributed by atoms with van der Waals surface area (Å²) in [4.78, 5) is 11.3. The maximum atomic E-state index is 11.3. The molecule has 0 radical (unpaired) electrons. The minimum absolute atomic E-state index is 0.00329. The van der Waals surface area contributed by atoms with E-state index in [4.69, 9.17) is 5.84 Å². The van der Waals surface area contributed by atoms with Crippen LogP contribution in [0, 0.1) is 0 Å². The third-order valence-electron chi connectivity index (χ3n) is 1.73. The molecule has 1 aromatic heterocycles. The minimum atomic E-state index is -0.00329. The molecule has 0 aromatic carbocycles. The Morgan fingerprint density at radius 3 is 3.13 bits per heavy atom. The Hall–Kier alpha value is -1.24. The number of unbranched alkanes of at least 4 members (excludes halogenated alkanes) is 1. The van der Waals surface area contributed by atoms with Gasteiger partial charge < -0.3 is 11.2 Å². The Kier molecular flexibility index (Phi) is 4.96. The predicted molar refractivity (Wildman–Crippen MR) is 58.8 cm³/mol. The Morgan fingerprint density at radius 2 is 2.53 bits per heavy atom. The van der Waals surface area contributed by atoms with Gasteiger partial charge in [0.15, 0.2) is 0 Å². The van der Waals surface area contributed by atoms with Crippen molar-refractivity contribution in [3.8, 4) is 0 Å². The SMILES string of the molecule is CCCCNC(=O)CSc1nncn1N. The van der Waals surface area contributed by atoms with Crippen LogP contribution in [0.4, 0.5) is 0 Å². The summed E-state index contributed by atoms with van der Waals surface area (Å²) in [6, 6.07) is 0. The van der Waals surface area contributed by atoms with Gasteiger partial charge in [0.25, 0.3) is 0 Å². The van der Waals surface area contributed by atoms with E-state index in [9.17, 15) is 4.79 Å². The molecule has 6 nitrogen and oxygen atoms in total. The quantitative estimate of drug-likeness (QED) is 0.407. The van der Waals surface area contributed by atoms with E-state index in [1.807, 2.05) is 0 Å². The van der Waals surface area contributed by atoms with Crippen molar-refractivity contribution < 1.29 is 4.79 Å². The molecule has 0 saturated carbocycles. The van der Waals surface area contributed by atoms with Crippen LogP contribution in [-0.2, 0) is 4.79 Å². The summed E-state index contributed by atoms with van der Waals surface area (Å²) in [7, 11) is 0. The summed E-state index contributed by atoms with van der Waals surface area (Å²) in [5.74, 6) is 5.80. The lowest BCUT2D eigenvalue weighted by Crippen LogP contribution is -2.26. The van der Waals surface area contributed by atoms with Crippen LogP contribution in [0.2, 0.25) is 0 Å². The van der Waals surface area contributed by atoms with Gasteiger partial charge in [-0.3, -0.25) is 4.79 Å². The molecule has 0 unspecified atom stereocenters. The van der Waals surface area contributed by atoms with E-state index in [1.54, 1.807) is 0 Å². The highest BCUT2D eigenvalue weighted by Gasteiger charge is 2.06. The van der Waals surface area contributed by atoms with Crippen LogP contribution in [0.25, 0.3) is 0 Å². The Morgan fingerprint density at radius 1 is 1.73 bits per heavy atom. The van der Waals surface area contributed by atoms with Gasteiger partial charge in [-0.25, -0.2) is 4.68 Å². The van der Waals surface area contributed by atoms with Crippen LogP contribution in [0.3, 0.4) is 0 Å². The molecular formula is C8H15N5OS. The topological polar surface area (TPSA) is 85.8 Å². The van der Waals surface area contributed by atoms with Gasteiger partial charge in [-0.15, -0.1) is 10.2 Å². The molecule has 0 aliphatic rings. The molecule has 1 aromatic rings. The van der Waals surface area contributed by atoms with E-state index in [0.717, 1.165) is 19.4 Å². The van der Waals surface area contributed by atoms with Crippen molar-refractivity contribution in [3.05, 3.63) is 6.33 Å². The number of nitrogen functional groups attached to an aromatic ring is 1. The standard InChI is InChI=1S/C8H15N5OS/c1-2-3-4-10-7(14)5-15-8-12-11-6-13(8)9/h6H,2-5,9H2,1H3,(H,10,14). The van der Waals surface area contributed by atoms with Crippen molar-refractivity contribution in [1.82, 2.24) is 20.2 Å². The van der Waals surface area contributed by atoms with Crippen LogP contribution in [-0.4, -0.2) is 33.1 Å². The Bertz CT molecular complexity index is 314. The lowest BCUT2D eigenvalue weighted by atomic mass is 10.3. The van der Waals surface area contributed by atoms with Crippen LogP contribution in [0.5, 0.6) is 0 Å². The van der Waals surface area contributed by atoms with Gasteiger partial charge in [0.05, 0.1) is 5.75 Å². The lowest BCUT2D eigenvalue weighted by Gasteiger charge is -2.03. The Balaban J connectivity index is 2.20. The molecule has 0 atom stereocenters. The number of nitrogens with two attached hydrogens (primary N) is 1. The average Bonchev–Trinajstić information content (AvgIpc) is 2.61. The first kappa shape index (κ1) is 11.8. The number of amides is 1. The van der Waals surface area contributed by atoms with Gasteiger partial charge in [-0.05, 0) is 6.42 Å². The second-order valence-corrected chi connectivity index (χ2v) is 3.96. The molecule has 1 amide bonds. The second-order valence-electron chi connectivity index (χ2n) is 3.01. The fourth-order valence-corrected chi connectivity index (χ4v) is 1.58. The van der Waals surface area contributed by atoms with Crippen molar-refractivity contribution in [2.75, 3.05) is 18.1 Å². The molecule has 3 N–H and O–H groups in total. The normalized spacial score (nSPS) is 10.2. The van der Waals surface area contributed by atoms with E-state index in [1.165, 1.54) is 22.8 Å². The largest absolute Gasteiger partial charge is 0.355 e. The zero-order valence-corrected chi connectivity index (χ0v) is 9.46. The van der Waals surface area contributed by atoms with Crippen molar-refractivity contribution in [1.29, 1.82) is 0 Å². The number of thioether (sulfide) groups is 1. The van der Waals surface area contributed by atoms with Crippen LogP contribution in [0.15, 0.2) is 11.5 Å². The van der Waals surface area contributed by atoms with Gasteiger partial charge >= 0.3 is 0 Å². The minimum Gasteiger partial charge on any atom is -0.355 e. The molecular weight excluding hydrogens is 214 g/mol. The second kappa shape index (κ2) is 6.28. The van der Waals surface area contributed by atoms with Crippen molar-refractivity contribution in [3.63, 3.8) is 0 Å². The van der Waals surface area contributed by atoms with Crippen molar-refractivity contribution in [2.24, 2.45) is 0 Å². The average molecular weight is 229 g/mol. The Labute approximate surface area is 92.6 Å². The fraction of sp³-hybridized carbons (Fsp3) is 0.625. The van der Waals surface area contributed by atoms with Crippen molar-refractivity contribution in [2.45, 2.75) is 24.9 Å². The highest BCUT2D eigenvalue weighted by atomic mass is 32.2. The molecule has 1 heterocycles. The third kappa shape index (κ3) is 4.20. The first-order valence-electron chi connectivity index (χ1n) is 4.78. The number of carbonyl (C=O) groups is 1. The number of nitrogens with one attached hydrogen (secondary N) is 1. The van der Waals surface area contributed by atoms with E-state index in [2.05, 4.69) is 22.4 Å². The molecule has 0 aliphatic carbocycles. The highest BCUT2D eigenvalue weighted by molar-refractivity contribution is 7.99. The molecule has 15 heavy (non-hydrogen) atoms. The number of aromatic nitrogens is 3. The molecule has 7 heteroatoms. The first-order valence-corrected chi connectivity index (χ1v) is 5.77. The fourth-order valence-electron chi connectivity index (χ4n) is 0.921. The van der Waals surface area contributed by atoms with Gasteiger partial charge in [0, 0.05) is 6.54 Å². The van der Waals surface area contributed by atoms with Gasteiger partial charge in [-0.2, -0.15) is 0 Å². The molecule has 84 valence electrons. The van der Waals surface area contributed by atoms with Gasteiger partial charge in [-0.1, -0.05) is 25.1 Å². The molecule has 0 spiro atoms. The highest BCUT2D eigenvalue weighted by Crippen LogP contribution is 2.11. The van der Waals surface area contributed by atoms with E-state index in [0.29, 0.717) is 10.9 Å². The summed E-state index contributed by atoms with van der Waals surface area (Å²) < 4.78 is 1.30.